The number of hydrogen-bond donors (Lipinski definition) is 0. The van der Waals surface area contributed by atoms with E-state index < -0.39 is 8.07 Å². The number of benzene rings is 4. The largest absolute Gasteiger partial charge is 0.378 e. The minimum atomic E-state index is -2.42. The second-order valence-electron chi connectivity index (χ2n) is 9.73. The average Bonchev–Trinajstić information content (AvgIpc) is 3.10. The molecule has 166 valence electrons. The van der Waals surface area contributed by atoms with Gasteiger partial charge in [-0.15, -0.1) is 0 Å². The van der Waals surface area contributed by atoms with Gasteiger partial charge in [0.25, 0.3) is 0 Å². The van der Waals surface area contributed by atoms with E-state index in [-0.39, 0.29) is 0 Å². The van der Waals surface area contributed by atoms with Crippen molar-refractivity contribution in [1.29, 1.82) is 0 Å². The highest BCUT2D eigenvalue weighted by Crippen LogP contribution is 2.33. The fraction of sp³-hybridized carbons (Fsp3) is 0.200. The zero-order chi connectivity index (χ0) is 23.3. The molecule has 0 aliphatic carbocycles. The number of aryl methyl sites for hydroxylation is 2. The molecule has 0 fully saturated rings. The molecule has 2 nitrogen and oxygen atoms in total. The van der Waals surface area contributed by atoms with Crippen LogP contribution in [0.1, 0.15) is 11.1 Å². The van der Waals surface area contributed by atoms with Crippen molar-refractivity contribution in [2.45, 2.75) is 13.8 Å². The van der Waals surface area contributed by atoms with Crippen LogP contribution < -0.4 is 30.5 Å². The van der Waals surface area contributed by atoms with Gasteiger partial charge in [-0.2, -0.15) is 0 Å². The lowest BCUT2D eigenvalue weighted by Gasteiger charge is -2.32. The van der Waals surface area contributed by atoms with E-state index in [9.17, 15) is 0 Å². The van der Waals surface area contributed by atoms with Gasteiger partial charge in [-0.3, -0.25) is 0 Å². The molecule has 1 aliphatic rings. The Morgan fingerprint density at radius 1 is 0.485 bits per heavy atom. The summed E-state index contributed by atoms with van der Waals surface area (Å²) in [5.74, 6) is 0. The van der Waals surface area contributed by atoms with Crippen molar-refractivity contribution >= 4 is 40.2 Å². The standard InChI is InChI=1S/C30H32N2Si/c1-21-7-13-25(14-8-21)33(26-15-9-22(2)10-16-26)29-17-11-23(31(3)4)19-27(29)28-20-24(32(5)6)12-18-30(28)33/h7-20H,1-6H3. The first-order chi connectivity index (χ1) is 15.8. The fourth-order valence-corrected chi connectivity index (χ4v) is 10.4. The summed E-state index contributed by atoms with van der Waals surface area (Å²) in [6, 6.07) is 32.8. The maximum Gasteiger partial charge on any atom is 0.180 e. The minimum absolute atomic E-state index is 1.24. The first-order valence-corrected chi connectivity index (χ1v) is 13.6. The van der Waals surface area contributed by atoms with Crippen LogP contribution in [0.4, 0.5) is 11.4 Å². The SMILES string of the molecule is Cc1ccc([Si]2(c3ccc(C)cc3)c3ccc(N(C)C)cc3-c3cc(N(C)C)ccc32)cc1. The van der Waals surface area contributed by atoms with Crippen LogP contribution in [0.5, 0.6) is 0 Å². The van der Waals surface area contributed by atoms with Gasteiger partial charge < -0.3 is 9.80 Å². The van der Waals surface area contributed by atoms with Crippen molar-refractivity contribution in [2.75, 3.05) is 38.0 Å². The third kappa shape index (κ3) is 3.30. The Bertz CT molecular complexity index is 1210. The lowest BCUT2D eigenvalue weighted by atomic mass is 10.0. The van der Waals surface area contributed by atoms with E-state index in [0.717, 1.165) is 0 Å². The van der Waals surface area contributed by atoms with Crippen molar-refractivity contribution < 1.29 is 0 Å². The van der Waals surface area contributed by atoms with Crippen molar-refractivity contribution in [1.82, 2.24) is 0 Å². The Morgan fingerprint density at radius 2 is 0.848 bits per heavy atom. The predicted molar refractivity (Wildman–Crippen MR) is 147 cm³/mol. The van der Waals surface area contributed by atoms with Crippen LogP contribution in [0, 0.1) is 13.8 Å². The molecule has 4 aromatic carbocycles. The lowest BCUT2D eigenvalue weighted by Crippen LogP contribution is -2.72. The van der Waals surface area contributed by atoms with Crippen LogP contribution in [0.25, 0.3) is 11.1 Å². The number of fused-ring (bicyclic) bond motifs is 3. The molecule has 0 aromatic heterocycles. The van der Waals surface area contributed by atoms with Gasteiger partial charge in [-0.1, -0.05) is 71.8 Å². The summed E-state index contributed by atoms with van der Waals surface area (Å²) in [5, 5.41) is 5.89. The molecule has 1 heterocycles. The molecule has 0 spiro atoms. The van der Waals surface area contributed by atoms with Crippen molar-refractivity contribution in [3.8, 4) is 11.1 Å². The monoisotopic (exact) mass is 448 g/mol. The Labute approximate surface area is 199 Å². The van der Waals surface area contributed by atoms with E-state index in [0.29, 0.717) is 0 Å². The van der Waals surface area contributed by atoms with Crippen LogP contribution >= 0.6 is 0 Å². The summed E-state index contributed by atoms with van der Waals surface area (Å²) in [7, 11) is 6.07. The van der Waals surface area contributed by atoms with Gasteiger partial charge in [0.15, 0.2) is 8.07 Å². The predicted octanol–water partition coefficient (Wildman–Crippen LogP) is 3.79. The van der Waals surface area contributed by atoms with Gasteiger partial charge in [0.2, 0.25) is 0 Å². The van der Waals surface area contributed by atoms with Crippen LogP contribution in [0.2, 0.25) is 0 Å². The normalized spacial score (nSPS) is 13.4. The maximum absolute atomic E-state index is 2.42. The van der Waals surface area contributed by atoms with Gasteiger partial charge in [0.1, 0.15) is 0 Å². The molecule has 4 aromatic rings. The van der Waals surface area contributed by atoms with Crippen LogP contribution in [0.15, 0.2) is 84.9 Å². The summed E-state index contributed by atoms with van der Waals surface area (Å²) in [6.07, 6.45) is 0. The highest BCUT2D eigenvalue weighted by molar-refractivity contribution is 7.22. The van der Waals surface area contributed by atoms with E-state index in [4.69, 9.17) is 0 Å². The molecule has 0 N–H and O–H groups in total. The number of hydrogen-bond acceptors (Lipinski definition) is 2. The van der Waals surface area contributed by atoms with Gasteiger partial charge >= 0.3 is 0 Å². The fourth-order valence-electron chi connectivity index (χ4n) is 5.26. The van der Waals surface area contributed by atoms with E-state index >= 15 is 0 Å². The van der Waals surface area contributed by atoms with E-state index in [1.165, 1.54) is 54.4 Å². The second kappa shape index (κ2) is 7.93. The van der Waals surface area contributed by atoms with E-state index in [1.807, 2.05) is 0 Å². The second-order valence-corrected chi connectivity index (χ2v) is 13.5. The number of rotatable bonds is 4. The third-order valence-electron chi connectivity index (χ3n) is 7.11. The topological polar surface area (TPSA) is 6.48 Å². The first-order valence-electron chi connectivity index (χ1n) is 11.6. The number of nitrogens with zero attached hydrogens (tertiary/aromatic N) is 2. The van der Waals surface area contributed by atoms with E-state index in [2.05, 4.69) is 137 Å². The van der Waals surface area contributed by atoms with Gasteiger partial charge in [0.05, 0.1) is 0 Å². The molecule has 0 bridgehead atoms. The summed E-state index contributed by atoms with van der Waals surface area (Å²) >= 11 is 0. The highest BCUT2D eigenvalue weighted by atomic mass is 28.3. The Hall–Kier alpha value is -3.30. The van der Waals surface area contributed by atoms with Crippen LogP contribution in [0.3, 0.4) is 0 Å². The average molecular weight is 449 g/mol. The van der Waals surface area contributed by atoms with Crippen LogP contribution in [-0.2, 0) is 0 Å². The maximum atomic E-state index is 2.41. The smallest absolute Gasteiger partial charge is 0.180 e. The Morgan fingerprint density at radius 3 is 1.18 bits per heavy atom. The quantitative estimate of drug-likeness (QED) is 0.386. The van der Waals surface area contributed by atoms with Crippen LogP contribution in [-0.4, -0.2) is 36.3 Å². The zero-order valence-electron chi connectivity index (χ0n) is 20.5. The zero-order valence-corrected chi connectivity index (χ0v) is 21.5. The number of anilines is 2. The Kier molecular flexibility index (Phi) is 5.17. The summed E-state index contributed by atoms with van der Waals surface area (Å²) in [4.78, 5) is 4.41. The molecule has 0 saturated heterocycles. The van der Waals surface area contributed by atoms with Gasteiger partial charge in [-0.05, 0) is 70.0 Å². The Balaban J connectivity index is 1.92. The summed E-state index contributed by atoms with van der Waals surface area (Å²) in [6.45, 7) is 4.35. The van der Waals surface area contributed by atoms with E-state index in [1.54, 1.807) is 0 Å². The molecule has 0 saturated carbocycles. The van der Waals surface area contributed by atoms with Crippen molar-refractivity contribution in [3.05, 3.63) is 96.1 Å². The molecule has 0 amide bonds. The first kappa shape index (κ1) is 21.5. The lowest BCUT2D eigenvalue weighted by molar-refractivity contribution is 1.13. The summed E-state index contributed by atoms with van der Waals surface area (Å²) < 4.78 is 0. The molecular weight excluding hydrogens is 416 g/mol. The van der Waals surface area contributed by atoms with Crippen molar-refractivity contribution in [2.24, 2.45) is 0 Å². The van der Waals surface area contributed by atoms with Crippen molar-refractivity contribution in [3.63, 3.8) is 0 Å². The molecule has 0 radical (unpaired) electrons. The highest BCUT2D eigenvalue weighted by Gasteiger charge is 2.48. The molecule has 1 aliphatic heterocycles. The molecule has 3 heteroatoms. The molecule has 0 atom stereocenters. The molecular formula is C30H32N2Si. The summed E-state index contributed by atoms with van der Waals surface area (Å²) in [5.41, 5.74) is 7.85. The van der Waals surface area contributed by atoms with Gasteiger partial charge in [-0.25, -0.2) is 0 Å². The van der Waals surface area contributed by atoms with Gasteiger partial charge in [0, 0.05) is 39.6 Å². The third-order valence-corrected chi connectivity index (χ3v) is 12.0. The minimum Gasteiger partial charge on any atom is -0.378 e. The molecule has 5 rings (SSSR count). The molecule has 0 unspecified atom stereocenters. The molecule has 33 heavy (non-hydrogen) atoms.